The first-order valence-electron chi connectivity index (χ1n) is 48.9. The Bertz CT molecular complexity index is 2530. The second-order valence-electron chi connectivity index (χ2n) is 34.9. The van der Waals surface area contributed by atoms with Crippen LogP contribution in [-0.4, -0.2) is 205 Å². The van der Waals surface area contributed by atoms with Crippen molar-refractivity contribution in [3.63, 3.8) is 0 Å². The molecule has 1 saturated carbocycles. The molecule has 0 bridgehead atoms. The number of ether oxygens (including phenoxy) is 8. The van der Waals surface area contributed by atoms with E-state index in [-0.39, 0.29) is 25.7 Å². The van der Waals surface area contributed by atoms with Crippen molar-refractivity contribution < 1.29 is 122 Å². The Balaban J connectivity index is 1.90. The normalized spacial score (nSPS) is 24.7. The van der Waals surface area contributed by atoms with Crippen molar-refractivity contribution in [1.82, 2.24) is 0 Å². The minimum atomic E-state index is -5.81. The molecule has 0 radical (unpaired) electrons. The fraction of sp³-hybridized carbons (Fsp3) is 0.936. The molecule has 1 aliphatic carbocycles. The number of carbonyl (C=O) groups is 4. The molecule has 0 aromatic heterocycles. The van der Waals surface area contributed by atoms with Crippen molar-refractivity contribution in [2.75, 3.05) is 26.4 Å². The summed E-state index contributed by atoms with van der Waals surface area (Å²) in [6.45, 7) is 5.64. The lowest BCUT2D eigenvalue weighted by Gasteiger charge is -2.50. The Morgan fingerprint density at radius 1 is 0.325 bits per heavy atom. The average molecular weight is 1740 g/mol. The Hall–Kier alpha value is -2.79. The first-order chi connectivity index (χ1) is 58.2. The molecule has 18 atom stereocenters. The van der Waals surface area contributed by atoms with Gasteiger partial charge in [0.2, 0.25) is 0 Å². The number of phosphoric acid groups is 1. The standard InChI is InChI=1S/C94H175O25P/c1-5-9-13-17-21-25-29-33-37-41-45-49-53-57-61-65-69-80(99)116-89-85(104)86(105)90(117-93-87(106)83(102)81(100)75(70-95)114-93)92(91(89)118-94-88(107)84(103)82(101)76(115-94)73-111-78(97)67-63-59-55-51-47-43-39-35-31-27-23-19-15-11-7-3)119-120(108,109)112-72-74(113-79(98)68-64-60-56-52-48-44-40-36-32-28-24-20-16-12-8-4)71-110-77(96)66-62-58-54-50-46-42-38-34-30-26-22-18-14-10-6-2/h27,31,74-76,81-95,100-107H,5-26,28-30,32-73H2,1-4H3,(H,108,109)/b31-27-. The molecule has 0 aromatic rings. The maximum Gasteiger partial charge on any atom is 0.472 e. The van der Waals surface area contributed by atoms with Crippen LogP contribution in [0.15, 0.2) is 12.2 Å². The molecule has 3 fully saturated rings. The van der Waals surface area contributed by atoms with E-state index < -0.39 is 162 Å². The third-order valence-corrected chi connectivity index (χ3v) is 25.0. The molecule has 2 saturated heterocycles. The van der Waals surface area contributed by atoms with Gasteiger partial charge in [-0.15, -0.1) is 0 Å². The first-order valence-corrected chi connectivity index (χ1v) is 50.4. The second-order valence-corrected chi connectivity index (χ2v) is 36.4. The highest BCUT2D eigenvalue weighted by Gasteiger charge is 2.60. The van der Waals surface area contributed by atoms with Gasteiger partial charge in [0.05, 0.1) is 13.2 Å². The zero-order valence-electron chi connectivity index (χ0n) is 75.4. The van der Waals surface area contributed by atoms with Crippen LogP contribution < -0.4 is 0 Å². The van der Waals surface area contributed by atoms with Crippen LogP contribution in [0.2, 0.25) is 0 Å². The Labute approximate surface area is 724 Å². The molecule has 25 nitrogen and oxygen atoms in total. The zero-order chi connectivity index (χ0) is 87.5. The largest absolute Gasteiger partial charge is 0.472 e. The summed E-state index contributed by atoms with van der Waals surface area (Å²) in [6, 6.07) is 0. The lowest BCUT2D eigenvalue weighted by atomic mass is 9.84. The predicted molar refractivity (Wildman–Crippen MR) is 467 cm³/mol. The molecule has 0 amide bonds. The predicted octanol–water partition coefficient (Wildman–Crippen LogP) is 18.7. The highest BCUT2D eigenvalue weighted by atomic mass is 31.2. The van der Waals surface area contributed by atoms with Gasteiger partial charge in [-0.2, -0.15) is 0 Å². The van der Waals surface area contributed by atoms with Gasteiger partial charge in [0, 0.05) is 25.7 Å². The van der Waals surface area contributed by atoms with Crippen molar-refractivity contribution in [1.29, 1.82) is 0 Å². The van der Waals surface area contributed by atoms with Crippen LogP contribution in [0.25, 0.3) is 0 Å². The van der Waals surface area contributed by atoms with E-state index in [0.29, 0.717) is 32.1 Å². The summed E-state index contributed by atoms with van der Waals surface area (Å²) in [5, 5.41) is 102. The molecule has 0 aromatic carbocycles. The van der Waals surface area contributed by atoms with Gasteiger partial charge in [0.1, 0.15) is 92.6 Å². The molecule has 3 aliphatic rings. The summed E-state index contributed by atoms with van der Waals surface area (Å²) < 4.78 is 73.6. The van der Waals surface area contributed by atoms with E-state index in [1.54, 1.807) is 0 Å². The summed E-state index contributed by atoms with van der Waals surface area (Å²) in [7, 11) is -5.81. The molecule has 120 heavy (non-hydrogen) atoms. The van der Waals surface area contributed by atoms with E-state index in [9.17, 15) is 74.6 Å². The molecule has 18 unspecified atom stereocenters. The number of allylic oxidation sites excluding steroid dienone is 2. The molecule has 2 heterocycles. The molecule has 3 rings (SSSR count). The smallest absolute Gasteiger partial charge is 0.463 e. The maximum absolute atomic E-state index is 14.9. The lowest BCUT2D eigenvalue weighted by Crippen LogP contribution is -2.70. The van der Waals surface area contributed by atoms with E-state index in [4.69, 9.17) is 46.9 Å². The van der Waals surface area contributed by atoms with Crippen molar-refractivity contribution in [2.45, 2.75) is 536 Å². The second kappa shape index (κ2) is 73.2. The number of unbranched alkanes of at least 4 members (excludes halogenated alkanes) is 54. The van der Waals surface area contributed by atoms with Gasteiger partial charge in [-0.25, -0.2) is 4.57 Å². The van der Waals surface area contributed by atoms with Crippen LogP contribution in [0.1, 0.15) is 432 Å². The van der Waals surface area contributed by atoms with E-state index in [1.807, 2.05) is 0 Å². The highest BCUT2D eigenvalue weighted by molar-refractivity contribution is 7.47. The zero-order valence-corrected chi connectivity index (χ0v) is 76.3. The number of aliphatic hydroxyl groups is 9. The third-order valence-electron chi connectivity index (χ3n) is 24.0. The third kappa shape index (κ3) is 52.5. The quantitative estimate of drug-likeness (QED) is 0.00889. The van der Waals surface area contributed by atoms with Gasteiger partial charge in [-0.3, -0.25) is 28.2 Å². The molecular formula is C94H175O25P. The molecule has 706 valence electrons. The SMILES string of the molecule is CCCCCC/C=C\CCCCCCCCCC(=O)OCC1OC(OC2C(OC(=O)CCCCCCCCCCCCCCCCCC)C(O)C(O)C(OC3OC(CO)C(O)C(O)C3O)C2OP(=O)(O)OCC(COC(=O)CCCCCCCCCCCCCCCCC)OC(=O)CCCCCCCCCCCCCCCCC)C(O)C(O)C1O. The van der Waals surface area contributed by atoms with E-state index in [2.05, 4.69) is 39.8 Å². The summed E-state index contributed by atoms with van der Waals surface area (Å²) in [5.41, 5.74) is 0. The van der Waals surface area contributed by atoms with Crippen LogP contribution in [0, 0.1) is 0 Å². The summed E-state index contributed by atoms with van der Waals surface area (Å²) in [6.07, 6.45) is 33.1. The monoisotopic (exact) mass is 1740 g/mol. The van der Waals surface area contributed by atoms with E-state index in [1.165, 1.54) is 199 Å². The fourth-order valence-corrected chi connectivity index (χ4v) is 17.2. The molecule has 2 aliphatic heterocycles. The van der Waals surface area contributed by atoms with Gasteiger partial charge >= 0.3 is 31.7 Å². The van der Waals surface area contributed by atoms with Crippen molar-refractivity contribution >= 4 is 31.7 Å². The van der Waals surface area contributed by atoms with Crippen molar-refractivity contribution in [3.8, 4) is 0 Å². The number of hydrogen-bond donors (Lipinski definition) is 10. The molecule has 0 spiro atoms. The Morgan fingerprint density at radius 3 is 1.00 bits per heavy atom. The number of phosphoric ester groups is 1. The van der Waals surface area contributed by atoms with Gasteiger partial charge < -0.3 is 88.7 Å². The lowest BCUT2D eigenvalue weighted by molar-refractivity contribution is -0.360. The van der Waals surface area contributed by atoms with E-state index >= 15 is 0 Å². The van der Waals surface area contributed by atoms with Crippen LogP contribution in [0.3, 0.4) is 0 Å². The minimum Gasteiger partial charge on any atom is -0.463 e. The Kier molecular flexibility index (Phi) is 67.9. The van der Waals surface area contributed by atoms with Gasteiger partial charge in [0.25, 0.3) is 0 Å². The van der Waals surface area contributed by atoms with Crippen LogP contribution in [0.5, 0.6) is 0 Å². The van der Waals surface area contributed by atoms with Gasteiger partial charge in [-0.05, 0) is 51.4 Å². The molecule has 26 heteroatoms. The number of esters is 4. The number of carbonyl (C=O) groups excluding carboxylic acids is 4. The topological polar surface area (TPSA) is 380 Å². The molecular weight excluding hydrogens is 1560 g/mol. The summed E-state index contributed by atoms with van der Waals surface area (Å²) >= 11 is 0. The number of aliphatic hydroxyl groups excluding tert-OH is 9. The maximum atomic E-state index is 14.9. The fourth-order valence-electron chi connectivity index (χ4n) is 16.3. The Morgan fingerprint density at radius 2 is 0.625 bits per heavy atom. The summed E-state index contributed by atoms with van der Waals surface area (Å²) in [4.78, 5) is 66.6. The van der Waals surface area contributed by atoms with Crippen molar-refractivity contribution in [2.24, 2.45) is 0 Å². The highest BCUT2D eigenvalue weighted by Crippen LogP contribution is 2.49. The van der Waals surface area contributed by atoms with Crippen LogP contribution >= 0.6 is 7.82 Å². The number of hydrogen-bond acceptors (Lipinski definition) is 24. The average Bonchev–Trinajstić information content (AvgIpc) is 0.753. The van der Waals surface area contributed by atoms with Crippen molar-refractivity contribution in [3.05, 3.63) is 12.2 Å². The number of rotatable bonds is 80. The molecule has 10 N–H and O–H groups in total. The van der Waals surface area contributed by atoms with Gasteiger partial charge in [0.15, 0.2) is 24.8 Å². The first kappa shape index (κ1) is 111. The van der Waals surface area contributed by atoms with Gasteiger partial charge in [-0.1, -0.05) is 367 Å². The van der Waals surface area contributed by atoms with Crippen LogP contribution in [0.4, 0.5) is 0 Å². The van der Waals surface area contributed by atoms with Crippen LogP contribution in [-0.2, 0) is 70.7 Å². The minimum absolute atomic E-state index is 0.0113. The van der Waals surface area contributed by atoms with E-state index in [0.717, 1.165) is 148 Å². The summed E-state index contributed by atoms with van der Waals surface area (Å²) in [5.74, 6) is -2.95.